The Morgan fingerprint density at radius 1 is 1.32 bits per heavy atom. The van der Waals surface area contributed by atoms with E-state index in [1.165, 1.54) is 22.0 Å². The standard InChI is InChI=1S/C14H18N6O2/c21-13(8-19-10-15-9-17-19)16-5-6-20-14(22)7-11-3-1-2-4-12(11)18-20/h7,9-10H,1-6,8H2,(H,16,21). The van der Waals surface area contributed by atoms with Gasteiger partial charge >= 0.3 is 0 Å². The zero-order valence-electron chi connectivity index (χ0n) is 12.2. The maximum atomic E-state index is 12.0. The number of fused-ring (bicyclic) bond motifs is 1. The van der Waals surface area contributed by atoms with Gasteiger partial charge in [-0.25, -0.2) is 14.3 Å². The first-order valence-corrected chi connectivity index (χ1v) is 7.41. The molecule has 8 heteroatoms. The van der Waals surface area contributed by atoms with E-state index in [1.54, 1.807) is 6.07 Å². The van der Waals surface area contributed by atoms with E-state index in [1.807, 2.05) is 0 Å². The fourth-order valence-electron chi connectivity index (χ4n) is 2.58. The van der Waals surface area contributed by atoms with Crippen molar-refractivity contribution in [3.8, 4) is 0 Å². The minimum Gasteiger partial charge on any atom is -0.353 e. The predicted octanol–water partition coefficient (Wildman–Crippen LogP) is -0.470. The fraction of sp³-hybridized carbons (Fsp3) is 0.500. The molecule has 0 unspecified atom stereocenters. The van der Waals surface area contributed by atoms with Gasteiger partial charge in [0.05, 0.1) is 12.2 Å². The number of aryl methyl sites for hydroxylation is 2. The highest BCUT2D eigenvalue weighted by Gasteiger charge is 2.13. The van der Waals surface area contributed by atoms with Gasteiger partial charge in [-0.2, -0.15) is 10.2 Å². The van der Waals surface area contributed by atoms with E-state index in [0.29, 0.717) is 13.1 Å². The van der Waals surface area contributed by atoms with Crippen molar-refractivity contribution >= 4 is 5.91 Å². The van der Waals surface area contributed by atoms with Gasteiger partial charge in [-0.15, -0.1) is 0 Å². The molecule has 1 aliphatic carbocycles. The van der Waals surface area contributed by atoms with Gasteiger partial charge in [0, 0.05) is 12.6 Å². The largest absolute Gasteiger partial charge is 0.353 e. The average Bonchev–Trinajstić information content (AvgIpc) is 3.00. The van der Waals surface area contributed by atoms with Crippen molar-refractivity contribution < 1.29 is 4.79 Å². The van der Waals surface area contributed by atoms with Gasteiger partial charge in [-0.1, -0.05) is 0 Å². The van der Waals surface area contributed by atoms with Crippen LogP contribution in [-0.4, -0.2) is 37.0 Å². The number of amides is 1. The highest BCUT2D eigenvalue weighted by atomic mass is 16.2. The molecule has 116 valence electrons. The molecule has 0 bridgehead atoms. The van der Waals surface area contributed by atoms with E-state index >= 15 is 0 Å². The molecule has 1 N–H and O–H groups in total. The molecule has 1 aliphatic rings. The van der Waals surface area contributed by atoms with Crippen LogP contribution in [0.4, 0.5) is 0 Å². The van der Waals surface area contributed by atoms with Crippen LogP contribution in [0.2, 0.25) is 0 Å². The molecule has 0 aliphatic heterocycles. The molecule has 0 aromatic carbocycles. The van der Waals surface area contributed by atoms with Crippen LogP contribution >= 0.6 is 0 Å². The summed E-state index contributed by atoms with van der Waals surface area (Å²) in [5, 5.41) is 11.0. The minimum atomic E-state index is -0.170. The zero-order chi connectivity index (χ0) is 15.4. The first kappa shape index (κ1) is 14.4. The van der Waals surface area contributed by atoms with Gasteiger partial charge in [-0.3, -0.25) is 9.59 Å². The van der Waals surface area contributed by atoms with Gasteiger partial charge in [0.1, 0.15) is 19.2 Å². The number of rotatable bonds is 5. The number of nitrogens with one attached hydrogen (secondary N) is 1. The summed E-state index contributed by atoms with van der Waals surface area (Å²) in [6.45, 7) is 0.848. The van der Waals surface area contributed by atoms with Crippen LogP contribution in [-0.2, 0) is 30.7 Å². The topological polar surface area (TPSA) is 94.7 Å². The number of carbonyl (C=O) groups is 1. The molecular formula is C14H18N6O2. The lowest BCUT2D eigenvalue weighted by Gasteiger charge is -2.16. The third-order valence-electron chi connectivity index (χ3n) is 3.69. The molecule has 8 nitrogen and oxygen atoms in total. The summed E-state index contributed by atoms with van der Waals surface area (Å²) in [6, 6.07) is 1.68. The molecule has 3 rings (SSSR count). The summed E-state index contributed by atoms with van der Waals surface area (Å²) in [5.41, 5.74) is 1.98. The molecule has 0 saturated carbocycles. The molecular weight excluding hydrogens is 284 g/mol. The molecule has 0 atom stereocenters. The molecule has 0 fully saturated rings. The Hall–Kier alpha value is -2.51. The summed E-state index contributed by atoms with van der Waals surface area (Å²) < 4.78 is 2.87. The number of aromatic nitrogens is 5. The normalized spacial score (nSPS) is 13.6. The van der Waals surface area contributed by atoms with Crippen LogP contribution in [0.3, 0.4) is 0 Å². The van der Waals surface area contributed by atoms with Gasteiger partial charge in [0.25, 0.3) is 5.56 Å². The van der Waals surface area contributed by atoms with Crippen molar-refractivity contribution in [2.45, 2.75) is 38.8 Å². The van der Waals surface area contributed by atoms with Crippen LogP contribution in [0.15, 0.2) is 23.5 Å². The van der Waals surface area contributed by atoms with E-state index < -0.39 is 0 Å². The summed E-state index contributed by atoms with van der Waals surface area (Å²) in [7, 11) is 0. The van der Waals surface area contributed by atoms with Crippen molar-refractivity contribution in [3.63, 3.8) is 0 Å². The SMILES string of the molecule is O=C(Cn1cncn1)NCCn1nc2c(cc1=O)CCCC2. The van der Waals surface area contributed by atoms with Crippen molar-refractivity contribution in [1.82, 2.24) is 29.9 Å². The average molecular weight is 302 g/mol. The summed E-state index contributed by atoms with van der Waals surface area (Å²) in [6.07, 6.45) is 6.96. The molecule has 0 spiro atoms. The number of hydrogen-bond acceptors (Lipinski definition) is 5. The second-order valence-electron chi connectivity index (χ2n) is 5.33. The molecule has 0 radical (unpaired) electrons. The molecule has 22 heavy (non-hydrogen) atoms. The Morgan fingerprint density at radius 3 is 3.00 bits per heavy atom. The summed E-state index contributed by atoms with van der Waals surface area (Å²) >= 11 is 0. The first-order valence-electron chi connectivity index (χ1n) is 7.41. The van der Waals surface area contributed by atoms with Gasteiger partial charge in [0.2, 0.25) is 5.91 Å². The van der Waals surface area contributed by atoms with Gasteiger partial charge in [-0.05, 0) is 31.2 Å². The molecule has 1 amide bonds. The maximum absolute atomic E-state index is 12.0. The number of carbonyl (C=O) groups excluding carboxylic acids is 1. The monoisotopic (exact) mass is 302 g/mol. The van der Waals surface area contributed by atoms with Gasteiger partial charge in [0.15, 0.2) is 0 Å². The maximum Gasteiger partial charge on any atom is 0.267 e. The van der Waals surface area contributed by atoms with E-state index in [0.717, 1.165) is 36.9 Å². The molecule has 2 aromatic heterocycles. The lowest BCUT2D eigenvalue weighted by atomic mass is 9.97. The minimum absolute atomic E-state index is 0.105. The second kappa shape index (κ2) is 6.50. The van der Waals surface area contributed by atoms with Crippen molar-refractivity contribution in [3.05, 3.63) is 40.3 Å². The molecule has 2 heterocycles. The van der Waals surface area contributed by atoms with Crippen LogP contribution in [0.1, 0.15) is 24.1 Å². The summed E-state index contributed by atoms with van der Waals surface area (Å²) in [5.74, 6) is -0.170. The smallest absolute Gasteiger partial charge is 0.267 e. The predicted molar refractivity (Wildman–Crippen MR) is 78.2 cm³/mol. The number of hydrogen-bond donors (Lipinski definition) is 1. The highest BCUT2D eigenvalue weighted by molar-refractivity contribution is 5.75. The van der Waals surface area contributed by atoms with Crippen LogP contribution in [0.25, 0.3) is 0 Å². The van der Waals surface area contributed by atoms with Crippen molar-refractivity contribution in [1.29, 1.82) is 0 Å². The Balaban J connectivity index is 1.55. The Morgan fingerprint density at radius 2 is 2.18 bits per heavy atom. The fourth-order valence-corrected chi connectivity index (χ4v) is 2.58. The quantitative estimate of drug-likeness (QED) is 0.805. The van der Waals surface area contributed by atoms with E-state index in [-0.39, 0.29) is 18.0 Å². The van der Waals surface area contributed by atoms with Crippen LogP contribution in [0, 0.1) is 0 Å². The van der Waals surface area contributed by atoms with Crippen molar-refractivity contribution in [2.75, 3.05) is 6.54 Å². The Kier molecular flexibility index (Phi) is 4.27. The Bertz CT molecular complexity index is 707. The zero-order valence-corrected chi connectivity index (χ0v) is 12.2. The lowest BCUT2D eigenvalue weighted by Crippen LogP contribution is -2.34. The van der Waals surface area contributed by atoms with E-state index in [9.17, 15) is 9.59 Å². The Labute approximate surface area is 127 Å². The molecule has 0 saturated heterocycles. The van der Waals surface area contributed by atoms with E-state index in [4.69, 9.17) is 0 Å². The first-order chi connectivity index (χ1) is 10.7. The third kappa shape index (κ3) is 3.38. The number of nitrogens with zero attached hydrogens (tertiary/aromatic N) is 5. The second-order valence-corrected chi connectivity index (χ2v) is 5.33. The van der Waals surface area contributed by atoms with Crippen LogP contribution in [0.5, 0.6) is 0 Å². The molecule has 2 aromatic rings. The lowest BCUT2D eigenvalue weighted by molar-refractivity contribution is -0.121. The third-order valence-corrected chi connectivity index (χ3v) is 3.69. The summed E-state index contributed by atoms with van der Waals surface area (Å²) in [4.78, 5) is 27.5. The van der Waals surface area contributed by atoms with E-state index in [2.05, 4.69) is 20.5 Å². The van der Waals surface area contributed by atoms with Crippen molar-refractivity contribution in [2.24, 2.45) is 0 Å². The van der Waals surface area contributed by atoms with Gasteiger partial charge < -0.3 is 5.32 Å². The van der Waals surface area contributed by atoms with Crippen LogP contribution < -0.4 is 10.9 Å². The highest BCUT2D eigenvalue weighted by Crippen LogP contribution is 2.16.